The number of aliphatic carboxylic acids is 1. The molecule has 0 amide bonds. The number of carbonyl (C=O) groups excluding carboxylic acids is 1. The summed E-state index contributed by atoms with van der Waals surface area (Å²) in [6, 6.07) is 0. The van der Waals surface area contributed by atoms with Crippen molar-refractivity contribution in [3.05, 3.63) is 11.9 Å². The molecular weight excluding hydrogens is 141 g/mol. The number of carbonyl (C=O) groups is 1. The number of aryl methyl sites for hydroxylation is 1. The Morgan fingerprint density at radius 3 is 2.82 bits per heavy atom. The minimum atomic E-state index is -1.14. The molecule has 0 saturated carbocycles. The molecule has 0 unspecified atom stereocenters. The summed E-state index contributed by atoms with van der Waals surface area (Å²) in [7, 11) is 1.62. The van der Waals surface area contributed by atoms with E-state index in [2.05, 4.69) is 10.2 Å². The largest absolute Gasteiger partial charge is 1.00 e. The zero-order valence-corrected chi connectivity index (χ0v) is 6.44. The summed E-state index contributed by atoms with van der Waals surface area (Å²) in [4.78, 5) is 11.3. The number of rotatable bonds is 2. The van der Waals surface area contributed by atoms with Gasteiger partial charge in [0, 0.05) is 19.4 Å². The van der Waals surface area contributed by atoms with Gasteiger partial charge in [0.1, 0.15) is 0 Å². The van der Waals surface area contributed by atoms with E-state index >= 15 is 0 Å². The Morgan fingerprint density at radius 1 is 1.82 bits per heavy atom. The van der Waals surface area contributed by atoms with Crippen LogP contribution in [-0.4, -0.2) is 21.0 Å². The minimum Gasteiger partial charge on any atom is -0.550 e. The maximum absolute atomic E-state index is 9.99. The van der Waals surface area contributed by atoms with Gasteiger partial charge in [-0.05, 0) is 0 Å². The van der Waals surface area contributed by atoms with Gasteiger partial charge in [0.25, 0.3) is 0 Å². The molecule has 0 spiro atoms. The standard InChI is InChI=1S/C5H7N3O2.Li/c1-8-6-3-4(7-8)2-5(9)10;/h3H,2H2,1H3,(H,9,10);/q;+1/p-1. The first-order valence-corrected chi connectivity index (χ1v) is 2.73. The van der Waals surface area contributed by atoms with Gasteiger partial charge in [0.05, 0.1) is 11.9 Å². The van der Waals surface area contributed by atoms with Crippen LogP contribution in [-0.2, 0) is 18.3 Å². The summed E-state index contributed by atoms with van der Waals surface area (Å²) in [6.45, 7) is 0. The van der Waals surface area contributed by atoms with Crippen LogP contribution >= 0.6 is 0 Å². The topological polar surface area (TPSA) is 70.8 Å². The Balaban J connectivity index is 0.000001000. The van der Waals surface area contributed by atoms with Crippen molar-refractivity contribution in [2.45, 2.75) is 6.42 Å². The fourth-order valence-corrected chi connectivity index (χ4v) is 0.617. The third-order valence-electron chi connectivity index (χ3n) is 0.972. The molecule has 0 aliphatic carbocycles. The van der Waals surface area contributed by atoms with Crippen molar-refractivity contribution in [3.8, 4) is 0 Å². The molecule has 5 nitrogen and oxygen atoms in total. The average molecular weight is 147 g/mol. The first-order valence-electron chi connectivity index (χ1n) is 2.73. The predicted molar refractivity (Wildman–Crippen MR) is 29.7 cm³/mol. The van der Waals surface area contributed by atoms with Crippen molar-refractivity contribution in [1.82, 2.24) is 15.0 Å². The van der Waals surface area contributed by atoms with Gasteiger partial charge in [0.15, 0.2) is 0 Å². The van der Waals surface area contributed by atoms with Crippen LogP contribution in [0.2, 0.25) is 0 Å². The molecule has 0 atom stereocenters. The monoisotopic (exact) mass is 147 g/mol. The van der Waals surface area contributed by atoms with Gasteiger partial charge in [-0.25, -0.2) is 0 Å². The third kappa shape index (κ3) is 3.21. The molecule has 54 valence electrons. The van der Waals surface area contributed by atoms with E-state index in [1.165, 1.54) is 11.0 Å². The summed E-state index contributed by atoms with van der Waals surface area (Å²) >= 11 is 0. The maximum atomic E-state index is 9.99. The minimum absolute atomic E-state index is 0. The van der Waals surface area contributed by atoms with Crippen LogP contribution in [0.15, 0.2) is 6.20 Å². The molecule has 0 fully saturated rings. The van der Waals surface area contributed by atoms with Gasteiger partial charge in [0.2, 0.25) is 0 Å². The SMILES string of the molecule is Cn1ncc(CC(=O)[O-])n1.[Li+]. The molecule has 1 heterocycles. The number of nitrogens with zero attached hydrogens (tertiary/aromatic N) is 3. The van der Waals surface area contributed by atoms with Gasteiger partial charge < -0.3 is 9.90 Å². The fourth-order valence-electron chi connectivity index (χ4n) is 0.617. The van der Waals surface area contributed by atoms with Crippen LogP contribution in [0.3, 0.4) is 0 Å². The van der Waals surface area contributed by atoms with Gasteiger partial charge >= 0.3 is 18.9 Å². The van der Waals surface area contributed by atoms with Gasteiger partial charge in [-0.15, -0.1) is 0 Å². The van der Waals surface area contributed by atoms with Crippen molar-refractivity contribution >= 4 is 5.97 Å². The van der Waals surface area contributed by atoms with Gasteiger partial charge in [-0.1, -0.05) is 0 Å². The Bertz CT molecular complexity index is 248. The maximum Gasteiger partial charge on any atom is 1.00 e. The average Bonchev–Trinajstić information content (AvgIpc) is 2.13. The summed E-state index contributed by atoms with van der Waals surface area (Å²) in [6.07, 6.45) is 1.23. The summed E-state index contributed by atoms with van der Waals surface area (Å²) in [5.74, 6) is -1.14. The van der Waals surface area contributed by atoms with Crippen molar-refractivity contribution in [1.29, 1.82) is 0 Å². The molecule has 0 saturated heterocycles. The molecule has 0 bridgehead atoms. The van der Waals surface area contributed by atoms with E-state index in [4.69, 9.17) is 0 Å². The molecular formula is C5H6LiN3O2. The van der Waals surface area contributed by atoms with Crippen molar-refractivity contribution in [2.75, 3.05) is 0 Å². The van der Waals surface area contributed by atoms with E-state index < -0.39 is 5.97 Å². The summed E-state index contributed by atoms with van der Waals surface area (Å²) < 4.78 is 0. The first-order chi connectivity index (χ1) is 4.68. The van der Waals surface area contributed by atoms with Gasteiger partial charge in [-0.2, -0.15) is 15.0 Å². The molecule has 1 rings (SSSR count). The molecule has 11 heavy (non-hydrogen) atoms. The zero-order chi connectivity index (χ0) is 7.56. The molecule has 1 aromatic rings. The smallest absolute Gasteiger partial charge is 0.550 e. The van der Waals surface area contributed by atoms with Crippen LogP contribution < -0.4 is 24.0 Å². The fraction of sp³-hybridized carbons (Fsp3) is 0.400. The molecule has 0 N–H and O–H groups in total. The Morgan fingerprint density at radius 2 is 2.45 bits per heavy atom. The quantitative estimate of drug-likeness (QED) is 0.393. The van der Waals surface area contributed by atoms with E-state index in [1.54, 1.807) is 7.05 Å². The number of hydrogen-bond donors (Lipinski definition) is 0. The molecule has 6 heteroatoms. The number of aromatic nitrogens is 3. The van der Waals surface area contributed by atoms with Crippen LogP contribution in [0.25, 0.3) is 0 Å². The Kier molecular flexibility index (Phi) is 3.86. The van der Waals surface area contributed by atoms with E-state index in [0.29, 0.717) is 5.69 Å². The summed E-state index contributed by atoms with van der Waals surface area (Å²) in [5, 5.41) is 17.4. The number of carboxylic acids is 1. The van der Waals surface area contributed by atoms with Gasteiger partial charge in [-0.3, -0.25) is 0 Å². The van der Waals surface area contributed by atoms with Crippen molar-refractivity contribution in [2.24, 2.45) is 7.05 Å². The third-order valence-corrected chi connectivity index (χ3v) is 0.972. The second kappa shape index (κ2) is 4.16. The summed E-state index contributed by atoms with van der Waals surface area (Å²) in [5.41, 5.74) is 0.419. The first kappa shape index (κ1) is 10.2. The van der Waals surface area contributed by atoms with Crippen LogP contribution in [0.1, 0.15) is 5.69 Å². The Labute approximate surface area is 75.6 Å². The van der Waals surface area contributed by atoms with E-state index in [1.807, 2.05) is 0 Å². The number of hydrogen-bond acceptors (Lipinski definition) is 4. The van der Waals surface area contributed by atoms with E-state index in [-0.39, 0.29) is 25.3 Å². The van der Waals surface area contributed by atoms with Crippen molar-refractivity contribution < 1.29 is 28.8 Å². The van der Waals surface area contributed by atoms with E-state index in [9.17, 15) is 9.90 Å². The predicted octanol–water partition coefficient (Wildman–Crippen LogP) is -4.89. The molecule has 0 radical (unpaired) electrons. The van der Waals surface area contributed by atoms with Crippen molar-refractivity contribution in [3.63, 3.8) is 0 Å². The molecule has 0 aliphatic rings. The van der Waals surface area contributed by atoms with Crippen LogP contribution in [0, 0.1) is 0 Å². The molecule has 0 aliphatic heterocycles. The second-order valence-electron chi connectivity index (χ2n) is 1.87. The molecule has 1 aromatic heterocycles. The second-order valence-corrected chi connectivity index (χ2v) is 1.87. The number of carboxylic acid groups (broad SMARTS) is 1. The van der Waals surface area contributed by atoms with E-state index in [0.717, 1.165) is 0 Å². The van der Waals surface area contributed by atoms with Crippen LogP contribution in [0.5, 0.6) is 0 Å². The molecule has 0 aromatic carbocycles. The normalized spacial score (nSPS) is 8.82. The van der Waals surface area contributed by atoms with Crippen LogP contribution in [0.4, 0.5) is 0 Å². The Hall–Kier alpha value is -0.793. The zero-order valence-electron chi connectivity index (χ0n) is 6.44.